The molecule has 1 aromatic heterocycles. The van der Waals surface area contributed by atoms with Crippen LogP contribution in [0.25, 0.3) is 0 Å². The van der Waals surface area contributed by atoms with Gasteiger partial charge in [0.15, 0.2) is 0 Å². The van der Waals surface area contributed by atoms with Crippen molar-refractivity contribution in [3.05, 3.63) is 21.9 Å². The van der Waals surface area contributed by atoms with Crippen LogP contribution < -0.4 is 0 Å². The monoisotopic (exact) mass is 350 g/mol. The van der Waals surface area contributed by atoms with Crippen LogP contribution in [0.3, 0.4) is 0 Å². The summed E-state index contributed by atoms with van der Waals surface area (Å²) < 4.78 is 5.48. The van der Waals surface area contributed by atoms with E-state index in [-0.39, 0.29) is 23.8 Å². The Morgan fingerprint density at radius 1 is 1.29 bits per heavy atom. The summed E-state index contributed by atoms with van der Waals surface area (Å²) in [4.78, 5) is 31.2. The summed E-state index contributed by atoms with van der Waals surface area (Å²) >= 11 is 1.74. The molecular formula is C18H26N2O3S. The Morgan fingerprint density at radius 2 is 2.04 bits per heavy atom. The van der Waals surface area contributed by atoms with E-state index in [1.54, 1.807) is 11.3 Å². The average Bonchev–Trinajstić information content (AvgIpc) is 3.25. The molecule has 132 valence electrons. The molecule has 1 aromatic rings. The zero-order chi connectivity index (χ0) is 17.1. The molecule has 0 spiro atoms. The lowest BCUT2D eigenvalue weighted by Crippen LogP contribution is -2.46. The Balaban J connectivity index is 1.48. The number of piperidine rings is 1. The Kier molecular flexibility index (Phi) is 5.56. The SMILES string of the molecule is Cc1ccc(CN(C)C(=O)C2CCN(C(=O)[C@@H]3CCCO3)CC2)s1. The second-order valence-electron chi connectivity index (χ2n) is 6.81. The van der Waals surface area contributed by atoms with Gasteiger partial charge in [-0.25, -0.2) is 0 Å². The highest BCUT2D eigenvalue weighted by Crippen LogP contribution is 2.24. The van der Waals surface area contributed by atoms with Gasteiger partial charge in [0.05, 0.1) is 6.54 Å². The molecule has 2 amide bonds. The van der Waals surface area contributed by atoms with E-state index in [9.17, 15) is 9.59 Å². The maximum Gasteiger partial charge on any atom is 0.251 e. The summed E-state index contributed by atoms with van der Waals surface area (Å²) in [5.41, 5.74) is 0. The Hall–Kier alpha value is -1.40. The highest BCUT2D eigenvalue weighted by atomic mass is 32.1. The van der Waals surface area contributed by atoms with Crippen molar-refractivity contribution in [3.63, 3.8) is 0 Å². The van der Waals surface area contributed by atoms with Crippen LogP contribution in [0, 0.1) is 12.8 Å². The molecule has 2 fully saturated rings. The van der Waals surface area contributed by atoms with E-state index in [2.05, 4.69) is 19.1 Å². The third-order valence-corrected chi connectivity index (χ3v) is 5.91. The topological polar surface area (TPSA) is 49.9 Å². The van der Waals surface area contributed by atoms with Crippen LogP contribution in [-0.4, -0.2) is 54.5 Å². The standard InChI is InChI=1S/C18H26N2O3S/c1-13-5-6-15(24-13)12-19(2)17(21)14-7-9-20(10-8-14)18(22)16-4-3-11-23-16/h5-6,14,16H,3-4,7-12H2,1-2H3/t16-/m0/s1. The number of likely N-dealkylation sites (tertiary alicyclic amines) is 1. The molecule has 0 unspecified atom stereocenters. The molecular weight excluding hydrogens is 324 g/mol. The van der Waals surface area contributed by atoms with Crippen LogP contribution in [0.15, 0.2) is 12.1 Å². The zero-order valence-corrected chi connectivity index (χ0v) is 15.3. The largest absolute Gasteiger partial charge is 0.368 e. The number of carbonyl (C=O) groups excluding carboxylic acids is 2. The highest BCUT2D eigenvalue weighted by molar-refractivity contribution is 7.11. The van der Waals surface area contributed by atoms with Gasteiger partial charge in [-0.2, -0.15) is 0 Å². The van der Waals surface area contributed by atoms with E-state index in [0.717, 1.165) is 25.7 Å². The summed E-state index contributed by atoms with van der Waals surface area (Å²) in [6.07, 6.45) is 3.07. The van der Waals surface area contributed by atoms with E-state index in [1.165, 1.54) is 9.75 Å². The number of amides is 2. The fourth-order valence-electron chi connectivity index (χ4n) is 3.52. The van der Waals surface area contributed by atoms with Crippen molar-refractivity contribution in [2.24, 2.45) is 5.92 Å². The predicted octanol–water partition coefficient (Wildman–Crippen LogP) is 2.43. The van der Waals surface area contributed by atoms with Gasteiger partial charge in [0.1, 0.15) is 6.10 Å². The molecule has 0 radical (unpaired) electrons. The van der Waals surface area contributed by atoms with Crippen LogP contribution in [0.4, 0.5) is 0 Å². The summed E-state index contributed by atoms with van der Waals surface area (Å²) in [5, 5.41) is 0. The van der Waals surface area contributed by atoms with Crippen LogP contribution in [-0.2, 0) is 20.9 Å². The second-order valence-corrected chi connectivity index (χ2v) is 8.18. The number of ether oxygens (including phenoxy) is 1. The van der Waals surface area contributed by atoms with Gasteiger partial charge in [-0.15, -0.1) is 11.3 Å². The third-order valence-electron chi connectivity index (χ3n) is 4.93. The van der Waals surface area contributed by atoms with Gasteiger partial charge in [0, 0.05) is 42.4 Å². The number of rotatable bonds is 4. The second kappa shape index (κ2) is 7.66. The van der Waals surface area contributed by atoms with Gasteiger partial charge in [-0.1, -0.05) is 0 Å². The quantitative estimate of drug-likeness (QED) is 0.838. The first-order valence-corrected chi connectivity index (χ1v) is 9.57. The molecule has 3 heterocycles. The van der Waals surface area contributed by atoms with Crippen LogP contribution >= 0.6 is 11.3 Å². The Morgan fingerprint density at radius 3 is 2.62 bits per heavy atom. The van der Waals surface area contributed by atoms with Crippen molar-refractivity contribution >= 4 is 23.2 Å². The minimum atomic E-state index is -0.248. The lowest BCUT2D eigenvalue weighted by Gasteiger charge is -2.34. The van der Waals surface area contributed by atoms with E-state index < -0.39 is 0 Å². The smallest absolute Gasteiger partial charge is 0.251 e. The van der Waals surface area contributed by atoms with Crippen LogP contribution in [0.2, 0.25) is 0 Å². The average molecular weight is 350 g/mol. The molecule has 2 aliphatic heterocycles. The van der Waals surface area contributed by atoms with Gasteiger partial charge < -0.3 is 14.5 Å². The van der Waals surface area contributed by atoms with Gasteiger partial charge >= 0.3 is 0 Å². The molecule has 2 saturated heterocycles. The predicted molar refractivity (Wildman–Crippen MR) is 93.8 cm³/mol. The number of aryl methyl sites for hydroxylation is 1. The number of hydrogen-bond acceptors (Lipinski definition) is 4. The first-order valence-electron chi connectivity index (χ1n) is 8.75. The summed E-state index contributed by atoms with van der Waals surface area (Å²) in [6.45, 7) is 4.78. The van der Waals surface area contributed by atoms with E-state index >= 15 is 0 Å². The lowest BCUT2D eigenvalue weighted by molar-refractivity contribution is -0.145. The number of nitrogens with zero attached hydrogens (tertiary/aromatic N) is 2. The summed E-state index contributed by atoms with van der Waals surface area (Å²) in [7, 11) is 1.88. The molecule has 0 bridgehead atoms. The maximum atomic E-state index is 12.6. The Labute approximate surface area is 147 Å². The van der Waals surface area contributed by atoms with Crippen molar-refractivity contribution < 1.29 is 14.3 Å². The molecule has 0 N–H and O–H groups in total. The van der Waals surface area contributed by atoms with E-state index in [0.29, 0.717) is 26.2 Å². The molecule has 1 atom stereocenters. The number of carbonyl (C=O) groups is 2. The fourth-order valence-corrected chi connectivity index (χ4v) is 4.46. The molecule has 2 aliphatic rings. The summed E-state index contributed by atoms with van der Waals surface area (Å²) in [5.74, 6) is 0.343. The highest BCUT2D eigenvalue weighted by Gasteiger charge is 2.33. The fraction of sp³-hybridized carbons (Fsp3) is 0.667. The van der Waals surface area contributed by atoms with Crippen LogP contribution in [0.1, 0.15) is 35.4 Å². The van der Waals surface area contributed by atoms with Crippen molar-refractivity contribution in [2.45, 2.75) is 45.3 Å². The number of thiophene rings is 1. The van der Waals surface area contributed by atoms with Crippen LogP contribution in [0.5, 0.6) is 0 Å². The zero-order valence-electron chi connectivity index (χ0n) is 14.5. The molecule has 24 heavy (non-hydrogen) atoms. The molecule has 5 nitrogen and oxygen atoms in total. The Bertz CT molecular complexity index is 587. The molecule has 0 aliphatic carbocycles. The third kappa shape index (κ3) is 3.98. The minimum absolute atomic E-state index is 0.0320. The molecule has 6 heteroatoms. The van der Waals surface area contributed by atoms with Crippen molar-refractivity contribution in [1.29, 1.82) is 0 Å². The molecule has 0 aromatic carbocycles. The van der Waals surface area contributed by atoms with Crippen molar-refractivity contribution in [1.82, 2.24) is 9.80 Å². The van der Waals surface area contributed by atoms with Gasteiger partial charge in [-0.3, -0.25) is 9.59 Å². The van der Waals surface area contributed by atoms with Gasteiger partial charge in [-0.05, 0) is 44.7 Å². The molecule has 0 saturated carbocycles. The maximum absolute atomic E-state index is 12.6. The van der Waals surface area contributed by atoms with Gasteiger partial charge in [0.2, 0.25) is 5.91 Å². The van der Waals surface area contributed by atoms with Crippen molar-refractivity contribution in [3.8, 4) is 0 Å². The summed E-state index contributed by atoms with van der Waals surface area (Å²) in [6, 6.07) is 4.18. The van der Waals surface area contributed by atoms with Crippen molar-refractivity contribution in [2.75, 3.05) is 26.7 Å². The van der Waals surface area contributed by atoms with Gasteiger partial charge in [0.25, 0.3) is 5.91 Å². The minimum Gasteiger partial charge on any atom is -0.368 e. The lowest BCUT2D eigenvalue weighted by atomic mass is 9.95. The molecule has 3 rings (SSSR count). The van der Waals surface area contributed by atoms with E-state index in [4.69, 9.17) is 4.74 Å². The normalized spacial score (nSPS) is 21.9. The van der Waals surface area contributed by atoms with E-state index in [1.807, 2.05) is 16.8 Å². The first kappa shape index (κ1) is 17.4. The number of hydrogen-bond donors (Lipinski definition) is 0. The first-order chi connectivity index (χ1) is 11.5.